The van der Waals surface area contributed by atoms with Gasteiger partial charge in [0, 0.05) is 12.8 Å². The third-order valence-corrected chi connectivity index (χ3v) is 7.01. The van der Waals surface area contributed by atoms with Gasteiger partial charge in [0.05, 0.1) is 13.2 Å². The first kappa shape index (κ1) is 41.4. The van der Waals surface area contributed by atoms with Gasteiger partial charge >= 0.3 is 25.7 Å². The number of carbonyl (C=O) groups is 3. The highest BCUT2D eigenvalue weighted by Gasteiger charge is 2.28. The van der Waals surface area contributed by atoms with E-state index in [1.165, 1.54) is 0 Å². The summed E-state index contributed by atoms with van der Waals surface area (Å²) in [6, 6.07) is -1.52. The molecule has 252 valence electrons. The maximum atomic E-state index is 12.3. The summed E-state index contributed by atoms with van der Waals surface area (Å²) in [5.41, 5.74) is 5.25. The lowest BCUT2D eigenvalue weighted by Crippen LogP contribution is -2.34. The zero-order valence-corrected chi connectivity index (χ0v) is 27.4. The van der Waals surface area contributed by atoms with Gasteiger partial charge < -0.3 is 25.2 Å². The molecule has 0 heterocycles. The quantitative estimate of drug-likeness (QED) is 0.0358. The molecule has 0 fully saturated rings. The van der Waals surface area contributed by atoms with Crippen molar-refractivity contribution in [1.29, 1.82) is 0 Å². The number of phosphoric acid groups is 1. The number of ether oxygens (including phenoxy) is 2. The smallest absolute Gasteiger partial charge is 0.472 e. The number of allylic oxidation sites excluding steroid dienone is 8. The van der Waals surface area contributed by atoms with Gasteiger partial charge in [0.1, 0.15) is 12.6 Å². The van der Waals surface area contributed by atoms with E-state index < -0.39 is 51.1 Å². The molecule has 0 amide bonds. The summed E-state index contributed by atoms with van der Waals surface area (Å²) in [7, 11) is -4.69. The maximum Gasteiger partial charge on any atom is 0.472 e. The second-order valence-electron chi connectivity index (χ2n) is 10.2. The zero-order chi connectivity index (χ0) is 32.9. The number of hydrogen-bond acceptors (Lipinski definition) is 9. The third-order valence-electron chi connectivity index (χ3n) is 6.06. The molecule has 3 unspecified atom stereocenters. The van der Waals surface area contributed by atoms with Gasteiger partial charge in [-0.2, -0.15) is 0 Å². The Labute approximate surface area is 263 Å². The van der Waals surface area contributed by atoms with Gasteiger partial charge in [0.25, 0.3) is 0 Å². The van der Waals surface area contributed by atoms with Gasteiger partial charge in [-0.3, -0.25) is 23.4 Å². The summed E-state index contributed by atoms with van der Waals surface area (Å²) < 4.78 is 31.8. The number of aliphatic carboxylic acids is 1. The van der Waals surface area contributed by atoms with Crippen LogP contribution in [-0.2, 0) is 37.5 Å². The van der Waals surface area contributed by atoms with Gasteiger partial charge in [-0.05, 0) is 51.4 Å². The Morgan fingerprint density at radius 2 is 1.27 bits per heavy atom. The molecule has 0 saturated carbocycles. The molecule has 0 aliphatic heterocycles. The SMILES string of the molecule is CC/C=C\C/C=C\C/C=C\C/C=C\CCCCCCCCC(=O)OC(COC(=O)CCC)COP(=O)(O)OCC(N)C(=O)O. The van der Waals surface area contributed by atoms with E-state index in [1.54, 1.807) is 6.92 Å². The predicted octanol–water partition coefficient (Wildman–Crippen LogP) is 6.71. The summed E-state index contributed by atoms with van der Waals surface area (Å²) in [4.78, 5) is 44.6. The second kappa shape index (κ2) is 28.0. The number of esters is 2. The fourth-order valence-electron chi connectivity index (χ4n) is 3.62. The van der Waals surface area contributed by atoms with Gasteiger partial charge in [-0.25, -0.2) is 4.57 Å². The average molecular weight is 644 g/mol. The highest BCUT2D eigenvalue weighted by Crippen LogP contribution is 2.43. The molecule has 0 aliphatic carbocycles. The van der Waals surface area contributed by atoms with E-state index in [0.717, 1.165) is 64.2 Å². The Morgan fingerprint density at radius 3 is 1.86 bits per heavy atom. The molecule has 0 aromatic heterocycles. The van der Waals surface area contributed by atoms with Crippen LogP contribution in [0.15, 0.2) is 48.6 Å². The lowest BCUT2D eigenvalue weighted by Gasteiger charge is -2.20. The molecule has 0 bridgehead atoms. The number of rotatable bonds is 28. The molecule has 44 heavy (non-hydrogen) atoms. The molecule has 12 heteroatoms. The largest absolute Gasteiger partial charge is 0.480 e. The average Bonchev–Trinajstić information content (AvgIpc) is 2.98. The molecule has 0 rings (SSSR count). The molecule has 0 radical (unpaired) electrons. The molecular weight excluding hydrogens is 589 g/mol. The number of nitrogens with two attached hydrogens (primary N) is 1. The molecule has 0 spiro atoms. The van der Waals surface area contributed by atoms with Crippen LogP contribution in [0.5, 0.6) is 0 Å². The van der Waals surface area contributed by atoms with E-state index in [0.29, 0.717) is 12.8 Å². The van der Waals surface area contributed by atoms with Crippen LogP contribution in [0.25, 0.3) is 0 Å². The zero-order valence-electron chi connectivity index (χ0n) is 26.5. The Kier molecular flexibility index (Phi) is 26.3. The van der Waals surface area contributed by atoms with E-state index in [2.05, 4.69) is 60.1 Å². The summed E-state index contributed by atoms with van der Waals surface area (Å²) in [5.74, 6) is -2.47. The first-order valence-electron chi connectivity index (χ1n) is 15.7. The Morgan fingerprint density at radius 1 is 0.727 bits per heavy atom. The van der Waals surface area contributed by atoms with Crippen molar-refractivity contribution < 1.29 is 47.5 Å². The highest BCUT2D eigenvalue weighted by molar-refractivity contribution is 7.47. The van der Waals surface area contributed by atoms with Crippen LogP contribution in [0.2, 0.25) is 0 Å². The number of phosphoric ester groups is 1. The van der Waals surface area contributed by atoms with Crippen molar-refractivity contribution >= 4 is 25.7 Å². The van der Waals surface area contributed by atoms with E-state index in [1.807, 2.05) is 0 Å². The van der Waals surface area contributed by atoms with Gasteiger partial charge in [-0.15, -0.1) is 0 Å². The van der Waals surface area contributed by atoms with Gasteiger partial charge in [0.2, 0.25) is 0 Å². The lowest BCUT2D eigenvalue weighted by molar-refractivity contribution is -0.161. The van der Waals surface area contributed by atoms with Crippen molar-refractivity contribution in [2.75, 3.05) is 19.8 Å². The number of hydrogen-bond donors (Lipinski definition) is 3. The monoisotopic (exact) mass is 643 g/mol. The van der Waals surface area contributed by atoms with E-state index >= 15 is 0 Å². The van der Waals surface area contributed by atoms with E-state index in [-0.39, 0.29) is 19.4 Å². The van der Waals surface area contributed by atoms with Crippen LogP contribution < -0.4 is 5.73 Å². The molecule has 4 N–H and O–H groups in total. The maximum absolute atomic E-state index is 12.3. The normalized spacial score (nSPS) is 14.8. The Balaban J connectivity index is 4.19. The van der Waals surface area contributed by atoms with Crippen molar-refractivity contribution in [2.24, 2.45) is 5.73 Å². The highest BCUT2D eigenvalue weighted by atomic mass is 31.2. The van der Waals surface area contributed by atoms with Crippen LogP contribution >= 0.6 is 7.82 Å². The van der Waals surface area contributed by atoms with Crippen LogP contribution in [0.1, 0.15) is 104 Å². The van der Waals surface area contributed by atoms with E-state index in [4.69, 9.17) is 24.8 Å². The first-order valence-corrected chi connectivity index (χ1v) is 17.2. The Hall–Kier alpha value is -2.56. The fraction of sp³-hybridized carbons (Fsp3) is 0.656. The van der Waals surface area contributed by atoms with Crippen molar-refractivity contribution in [1.82, 2.24) is 0 Å². The van der Waals surface area contributed by atoms with Crippen LogP contribution in [0, 0.1) is 0 Å². The molecule has 0 saturated heterocycles. The van der Waals surface area contributed by atoms with Crippen molar-refractivity contribution in [3.8, 4) is 0 Å². The number of carboxylic acids is 1. The standard InChI is InChI=1S/C32H54NO10P/c1-3-5-6-7-8-9-10-11-12-13-14-15-16-17-18-19-20-21-22-24-31(35)43-28(25-40-30(34)23-4-2)26-41-44(38,39)42-27-29(33)32(36)37/h5-6,8-9,11-12,14-15,28-29H,3-4,7,10,13,16-27,33H2,1-2H3,(H,36,37)(H,38,39)/b6-5-,9-8-,12-11-,15-14-. The number of unbranched alkanes of at least 4 members (excludes halogenated alkanes) is 6. The van der Waals surface area contributed by atoms with Crippen LogP contribution in [0.4, 0.5) is 0 Å². The predicted molar refractivity (Wildman–Crippen MR) is 171 cm³/mol. The topological polar surface area (TPSA) is 172 Å². The molecule has 0 aromatic carbocycles. The summed E-state index contributed by atoms with van der Waals surface area (Å²) in [6.45, 7) is 2.21. The lowest BCUT2D eigenvalue weighted by atomic mass is 10.1. The summed E-state index contributed by atoms with van der Waals surface area (Å²) in [6.07, 6.45) is 28.0. The van der Waals surface area contributed by atoms with Crippen molar-refractivity contribution in [3.63, 3.8) is 0 Å². The minimum Gasteiger partial charge on any atom is -0.480 e. The van der Waals surface area contributed by atoms with Gasteiger partial charge in [0.15, 0.2) is 6.10 Å². The fourth-order valence-corrected chi connectivity index (χ4v) is 4.40. The molecule has 3 atom stereocenters. The number of carboxylic acid groups (broad SMARTS) is 1. The minimum atomic E-state index is -4.69. The first-order chi connectivity index (χ1) is 21.1. The Bertz CT molecular complexity index is 947. The summed E-state index contributed by atoms with van der Waals surface area (Å²) in [5, 5.41) is 8.76. The number of carbonyl (C=O) groups excluding carboxylic acids is 2. The van der Waals surface area contributed by atoms with Gasteiger partial charge in [-0.1, -0.05) is 88.1 Å². The molecule has 0 aliphatic rings. The second-order valence-corrected chi connectivity index (χ2v) is 11.7. The van der Waals surface area contributed by atoms with Crippen molar-refractivity contribution in [3.05, 3.63) is 48.6 Å². The molecule has 0 aromatic rings. The summed E-state index contributed by atoms with van der Waals surface area (Å²) >= 11 is 0. The minimum absolute atomic E-state index is 0.141. The van der Waals surface area contributed by atoms with Crippen LogP contribution in [-0.4, -0.2) is 59.9 Å². The third kappa shape index (κ3) is 27.0. The van der Waals surface area contributed by atoms with E-state index in [9.17, 15) is 23.8 Å². The molecule has 11 nitrogen and oxygen atoms in total. The van der Waals surface area contributed by atoms with Crippen LogP contribution in [0.3, 0.4) is 0 Å². The van der Waals surface area contributed by atoms with Crippen molar-refractivity contribution in [2.45, 2.75) is 116 Å². The molecular formula is C32H54NO10P.